The van der Waals surface area contributed by atoms with Gasteiger partial charge >= 0.3 is 11.9 Å². The van der Waals surface area contributed by atoms with Gasteiger partial charge in [-0.1, -0.05) is 53.9 Å². The SMILES string of the molecule is COC(=O)C1=C(C(=O)OC)SC(=C2C(=S)C(C)(C)N(C(=O)c3ccccc3)c3cc(C)c(C)cc32)S1. The minimum atomic E-state index is -0.875. The van der Waals surface area contributed by atoms with Crippen LogP contribution in [0.25, 0.3) is 5.57 Å². The lowest BCUT2D eigenvalue weighted by molar-refractivity contribution is -0.138. The highest BCUT2D eigenvalue weighted by molar-refractivity contribution is 8.29. The predicted octanol–water partition coefficient (Wildman–Crippen LogP) is 5.82. The Balaban J connectivity index is 1.95. The van der Waals surface area contributed by atoms with E-state index in [9.17, 15) is 14.4 Å². The third-order valence-corrected chi connectivity index (χ3v) is 9.49. The summed E-state index contributed by atoms with van der Waals surface area (Å²) in [5, 5.41) is 0. The zero-order valence-corrected chi connectivity index (χ0v) is 23.2. The highest BCUT2D eigenvalue weighted by Crippen LogP contribution is 2.56. The molecule has 36 heavy (non-hydrogen) atoms. The number of anilines is 1. The number of ether oxygens (including phenoxy) is 2. The first-order valence-electron chi connectivity index (χ1n) is 11.1. The number of benzene rings is 2. The van der Waals surface area contributed by atoms with E-state index in [1.807, 2.05) is 58.0 Å². The van der Waals surface area contributed by atoms with Crippen molar-refractivity contribution in [2.24, 2.45) is 0 Å². The molecular weight excluding hydrogens is 515 g/mol. The molecule has 9 heteroatoms. The number of fused-ring (bicyclic) bond motifs is 1. The maximum atomic E-state index is 13.8. The van der Waals surface area contributed by atoms with Gasteiger partial charge in [0.1, 0.15) is 9.81 Å². The van der Waals surface area contributed by atoms with Gasteiger partial charge in [0.2, 0.25) is 0 Å². The number of methoxy groups -OCH3 is 2. The van der Waals surface area contributed by atoms with E-state index in [2.05, 4.69) is 0 Å². The summed E-state index contributed by atoms with van der Waals surface area (Å²) in [6, 6.07) is 13.1. The molecule has 0 saturated carbocycles. The number of hydrogen-bond donors (Lipinski definition) is 0. The Morgan fingerprint density at radius 2 is 1.42 bits per heavy atom. The van der Waals surface area contributed by atoms with Crippen LogP contribution in [0.5, 0.6) is 0 Å². The molecular formula is C27H25NO5S3. The van der Waals surface area contributed by atoms with Crippen molar-refractivity contribution in [3.8, 4) is 0 Å². The third kappa shape index (κ3) is 4.29. The zero-order valence-electron chi connectivity index (χ0n) is 20.8. The number of thiocarbonyl (C=S) groups is 1. The van der Waals surface area contributed by atoms with Crippen molar-refractivity contribution < 1.29 is 23.9 Å². The number of hydrogen-bond acceptors (Lipinski definition) is 8. The molecule has 2 aliphatic heterocycles. The number of rotatable bonds is 3. The third-order valence-electron chi connectivity index (χ3n) is 6.23. The van der Waals surface area contributed by atoms with Gasteiger partial charge in [-0.3, -0.25) is 9.69 Å². The van der Waals surface area contributed by atoms with E-state index in [0.717, 1.165) is 51.5 Å². The minimum absolute atomic E-state index is 0.158. The fourth-order valence-corrected chi connectivity index (χ4v) is 7.18. The molecule has 0 saturated heterocycles. The molecule has 0 fully saturated rings. The van der Waals surface area contributed by atoms with Crippen LogP contribution in [0, 0.1) is 13.8 Å². The highest BCUT2D eigenvalue weighted by Gasteiger charge is 2.46. The fraction of sp³-hybridized carbons (Fsp3) is 0.259. The number of thioether (sulfide) groups is 2. The summed E-state index contributed by atoms with van der Waals surface area (Å²) in [5.74, 6) is -1.40. The van der Waals surface area contributed by atoms with Crippen LogP contribution >= 0.6 is 35.7 Å². The first-order valence-corrected chi connectivity index (χ1v) is 13.1. The van der Waals surface area contributed by atoms with Crippen molar-refractivity contribution in [3.05, 3.63) is 78.8 Å². The average Bonchev–Trinajstić information content (AvgIpc) is 3.30. The van der Waals surface area contributed by atoms with Crippen LogP contribution in [0.1, 0.15) is 40.9 Å². The van der Waals surface area contributed by atoms with Gasteiger partial charge in [0.05, 0.1) is 34.5 Å². The number of esters is 2. The summed E-state index contributed by atoms with van der Waals surface area (Å²) in [4.78, 5) is 41.4. The number of nitrogens with zero attached hydrogens (tertiary/aromatic N) is 1. The number of amides is 1. The summed E-state index contributed by atoms with van der Waals surface area (Å²) < 4.78 is 10.5. The van der Waals surface area contributed by atoms with E-state index in [-0.39, 0.29) is 15.7 Å². The Morgan fingerprint density at radius 3 is 1.94 bits per heavy atom. The van der Waals surface area contributed by atoms with Gasteiger partial charge in [-0.25, -0.2) is 9.59 Å². The van der Waals surface area contributed by atoms with Crippen LogP contribution in [0.15, 0.2) is 56.5 Å². The molecule has 4 rings (SSSR count). The van der Waals surface area contributed by atoms with E-state index in [1.165, 1.54) is 14.2 Å². The summed E-state index contributed by atoms with van der Waals surface area (Å²) >= 11 is 8.32. The summed E-state index contributed by atoms with van der Waals surface area (Å²) in [5.41, 5.74) is 3.96. The van der Waals surface area contributed by atoms with E-state index in [1.54, 1.807) is 17.0 Å². The molecule has 2 aromatic rings. The second-order valence-electron chi connectivity index (χ2n) is 8.86. The van der Waals surface area contributed by atoms with Crippen molar-refractivity contribution in [1.82, 2.24) is 0 Å². The molecule has 0 spiro atoms. The minimum Gasteiger partial charge on any atom is -0.465 e. The fourth-order valence-electron chi connectivity index (χ4n) is 4.15. The number of carbonyl (C=O) groups is 3. The maximum absolute atomic E-state index is 13.8. The molecule has 0 bridgehead atoms. The lowest BCUT2D eigenvalue weighted by Crippen LogP contribution is -2.56. The Bertz CT molecular complexity index is 1350. The second-order valence-corrected chi connectivity index (χ2v) is 11.6. The Labute approximate surface area is 224 Å². The second kappa shape index (κ2) is 9.88. The zero-order chi connectivity index (χ0) is 26.4. The van der Waals surface area contributed by atoms with Crippen LogP contribution in [0.4, 0.5) is 5.69 Å². The van der Waals surface area contributed by atoms with Crippen molar-refractivity contribution in [2.45, 2.75) is 33.2 Å². The molecule has 186 valence electrons. The largest absolute Gasteiger partial charge is 0.465 e. The first-order chi connectivity index (χ1) is 17.0. The highest BCUT2D eigenvalue weighted by atomic mass is 32.2. The monoisotopic (exact) mass is 539 g/mol. The Hall–Kier alpha value is -2.88. The summed E-state index contributed by atoms with van der Waals surface area (Å²) in [6.07, 6.45) is 0. The van der Waals surface area contributed by atoms with Gasteiger partial charge in [-0.2, -0.15) is 0 Å². The maximum Gasteiger partial charge on any atom is 0.346 e. The van der Waals surface area contributed by atoms with Crippen LogP contribution in [-0.2, 0) is 19.1 Å². The molecule has 0 radical (unpaired) electrons. The number of aryl methyl sites for hydroxylation is 2. The van der Waals surface area contributed by atoms with Gasteiger partial charge in [0.15, 0.2) is 0 Å². The standard InChI is InChI=1S/C27H25NO5S3/c1-14-12-17-18(13-15(14)2)28(23(29)16-10-8-7-9-11-16)27(3,4)22(34)19(17)26-35-20(24(30)32-5)21(36-26)25(31)33-6/h7-13H,1-6H3. The van der Waals surface area contributed by atoms with Crippen LogP contribution < -0.4 is 4.90 Å². The van der Waals surface area contributed by atoms with Gasteiger partial charge in [-0.15, -0.1) is 0 Å². The molecule has 1 amide bonds. The quantitative estimate of drug-likeness (QED) is 0.275. The van der Waals surface area contributed by atoms with E-state index in [0.29, 0.717) is 14.7 Å². The van der Waals surface area contributed by atoms with Crippen molar-refractivity contribution >= 4 is 69.7 Å². The topological polar surface area (TPSA) is 72.9 Å². The van der Waals surface area contributed by atoms with Gasteiger partial charge < -0.3 is 9.47 Å². The van der Waals surface area contributed by atoms with E-state index < -0.39 is 17.5 Å². The molecule has 2 heterocycles. The molecule has 6 nitrogen and oxygen atoms in total. The summed E-state index contributed by atoms with van der Waals surface area (Å²) in [6.45, 7) is 7.82. The smallest absolute Gasteiger partial charge is 0.346 e. The van der Waals surface area contributed by atoms with E-state index in [4.69, 9.17) is 21.7 Å². The molecule has 0 atom stereocenters. The van der Waals surface area contributed by atoms with Crippen molar-refractivity contribution in [3.63, 3.8) is 0 Å². The normalized spacial score (nSPS) is 16.7. The predicted molar refractivity (Wildman–Crippen MR) is 149 cm³/mol. The van der Waals surface area contributed by atoms with Gasteiger partial charge in [-0.05, 0) is 63.1 Å². The van der Waals surface area contributed by atoms with Crippen LogP contribution in [0.3, 0.4) is 0 Å². The molecule has 2 aliphatic rings. The molecule has 0 N–H and O–H groups in total. The molecule has 0 aromatic heterocycles. The Kier molecular flexibility index (Phi) is 7.19. The molecule has 2 aromatic carbocycles. The van der Waals surface area contributed by atoms with Crippen LogP contribution in [-0.4, -0.2) is 42.5 Å². The molecule has 0 unspecified atom stereocenters. The average molecular weight is 540 g/mol. The van der Waals surface area contributed by atoms with Crippen molar-refractivity contribution in [1.29, 1.82) is 0 Å². The first kappa shape index (κ1) is 26.2. The van der Waals surface area contributed by atoms with E-state index >= 15 is 0 Å². The lowest BCUT2D eigenvalue weighted by Gasteiger charge is -2.45. The lowest BCUT2D eigenvalue weighted by atomic mass is 9.81. The van der Waals surface area contributed by atoms with Crippen LogP contribution in [0.2, 0.25) is 0 Å². The number of carbonyl (C=O) groups excluding carboxylic acids is 3. The summed E-state index contributed by atoms with van der Waals surface area (Å²) in [7, 11) is 2.53. The van der Waals surface area contributed by atoms with Crippen molar-refractivity contribution in [2.75, 3.05) is 19.1 Å². The van der Waals surface area contributed by atoms with Gasteiger partial charge in [0, 0.05) is 16.7 Å². The Morgan fingerprint density at radius 1 is 0.889 bits per heavy atom. The molecule has 0 aliphatic carbocycles. The van der Waals surface area contributed by atoms with Gasteiger partial charge in [0.25, 0.3) is 5.91 Å².